The number of hydrogen-bond donors (Lipinski definition) is 0. The number of carbonyl (C=O) groups excluding carboxylic acids is 1. The van der Waals surface area contributed by atoms with Gasteiger partial charge in [0.25, 0.3) is 0 Å². The fourth-order valence-corrected chi connectivity index (χ4v) is 3.93. The van der Waals surface area contributed by atoms with Gasteiger partial charge in [0.1, 0.15) is 11.4 Å². The van der Waals surface area contributed by atoms with Gasteiger partial charge < -0.3 is 4.57 Å². The van der Waals surface area contributed by atoms with Crippen LogP contribution in [0.5, 0.6) is 0 Å². The van der Waals surface area contributed by atoms with Crippen LogP contribution in [-0.2, 0) is 13.6 Å². The quantitative estimate of drug-likeness (QED) is 0.359. The lowest BCUT2D eigenvalue weighted by Crippen LogP contribution is -2.08. The largest absolute Gasteiger partial charge is 0.348 e. The van der Waals surface area contributed by atoms with E-state index in [0.717, 1.165) is 46.0 Å². The van der Waals surface area contributed by atoms with E-state index in [4.69, 9.17) is 0 Å². The van der Waals surface area contributed by atoms with Crippen molar-refractivity contribution in [3.05, 3.63) is 35.5 Å². The van der Waals surface area contributed by atoms with E-state index in [0.29, 0.717) is 11.7 Å². The predicted molar refractivity (Wildman–Crippen MR) is 105 cm³/mol. The number of aryl methyl sites for hydroxylation is 2. The van der Waals surface area contributed by atoms with Crippen LogP contribution in [0.3, 0.4) is 0 Å². The van der Waals surface area contributed by atoms with Crippen molar-refractivity contribution in [3.8, 4) is 0 Å². The highest BCUT2D eigenvalue weighted by Crippen LogP contribution is 2.26. The first-order valence-electron chi connectivity index (χ1n) is 8.84. The highest BCUT2D eigenvalue weighted by atomic mass is 32.2. The van der Waals surface area contributed by atoms with Gasteiger partial charge in [-0.05, 0) is 32.3 Å². The molecule has 0 spiro atoms. The lowest BCUT2D eigenvalue weighted by Gasteiger charge is -2.11. The van der Waals surface area contributed by atoms with Crippen LogP contribution in [0, 0.1) is 19.8 Å². The van der Waals surface area contributed by atoms with Gasteiger partial charge in [0.15, 0.2) is 11.4 Å². The van der Waals surface area contributed by atoms with Crippen LogP contribution in [0.25, 0.3) is 11.0 Å². The van der Waals surface area contributed by atoms with Gasteiger partial charge in [-0.15, -0.1) is 0 Å². The van der Waals surface area contributed by atoms with Gasteiger partial charge in [-0.25, -0.2) is 9.97 Å². The lowest BCUT2D eigenvalue weighted by molar-refractivity contribution is 0.102. The highest BCUT2D eigenvalue weighted by molar-refractivity contribution is 8.00. The number of thioether (sulfide) groups is 1. The summed E-state index contributed by atoms with van der Waals surface area (Å²) in [4.78, 5) is 21.3. The molecule has 0 unspecified atom stereocenters. The zero-order chi connectivity index (χ0) is 18.8. The molecule has 0 atom stereocenters. The summed E-state index contributed by atoms with van der Waals surface area (Å²) in [6.07, 6.45) is 4.38. The van der Waals surface area contributed by atoms with Gasteiger partial charge in [0.2, 0.25) is 0 Å². The molecule has 0 fully saturated rings. The van der Waals surface area contributed by atoms with Gasteiger partial charge in [-0.2, -0.15) is 5.10 Å². The van der Waals surface area contributed by atoms with Crippen molar-refractivity contribution in [2.45, 2.75) is 45.7 Å². The van der Waals surface area contributed by atoms with Crippen molar-refractivity contribution in [1.82, 2.24) is 24.3 Å². The van der Waals surface area contributed by atoms with Crippen LogP contribution in [-0.4, -0.2) is 35.9 Å². The van der Waals surface area contributed by atoms with E-state index in [1.54, 1.807) is 10.9 Å². The average Bonchev–Trinajstić information content (AvgIpc) is 3.11. The standard InChI is InChI=1S/C19H25N5OS/c1-12(2)6-7-24-13(3)8-15(14(24)4)17(25)10-26-19-16-9-22-23(5)18(16)20-11-21-19/h8-9,11-12H,6-7,10H2,1-5H3. The minimum atomic E-state index is 0.134. The number of fused-ring (bicyclic) bond motifs is 1. The average molecular weight is 372 g/mol. The molecule has 6 nitrogen and oxygen atoms in total. The Morgan fingerprint density at radius 1 is 1.27 bits per heavy atom. The zero-order valence-corrected chi connectivity index (χ0v) is 16.8. The summed E-state index contributed by atoms with van der Waals surface area (Å²) in [5.74, 6) is 1.13. The van der Waals surface area contributed by atoms with Gasteiger partial charge in [-0.1, -0.05) is 25.6 Å². The Labute approximate surface area is 158 Å². The summed E-state index contributed by atoms with van der Waals surface area (Å²) < 4.78 is 3.97. The number of Topliss-reactive ketones (excluding diaryl/α,β-unsaturated/α-hetero) is 1. The molecule has 7 heteroatoms. The van der Waals surface area contributed by atoms with E-state index < -0.39 is 0 Å². The molecular formula is C19H25N5OS. The number of carbonyl (C=O) groups is 1. The topological polar surface area (TPSA) is 65.6 Å². The van der Waals surface area contributed by atoms with E-state index in [1.807, 2.05) is 20.0 Å². The molecule has 0 aliphatic heterocycles. The van der Waals surface area contributed by atoms with E-state index in [-0.39, 0.29) is 5.78 Å². The van der Waals surface area contributed by atoms with Gasteiger partial charge in [-0.3, -0.25) is 9.48 Å². The Bertz CT molecular complexity index is 941. The minimum Gasteiger partial charge on any atom is -0.348 e. The van der Waals surface area contributed by atoms with E-state index in [2.05, 4.69) is 40.4 Å². The highest BCUT2D eigenvalue weighted by Gasteiger charge is 2.17. The molecule has 0 amide bonds. The molecular weight excluding hydrogens is 346 g/mol. The molecule has 0 aliphatic rings. The van der Waals surface area contributed by atoms with Crippen molar-refractivity contribution < 1.29 is 4.79 Å². The summed E-state index contributed by atoms with van der Waals surface area (Å²) >= 11 is 1.45. The van der Waals surface area contributed by atoms with Gasteiger partial charge >= 0.3 is 0 Å². The molecule has 0 N–H and O–H groups in total. The maximum absolute atomic E-state index is 12.8. The van der Waals surface area contributed by atoms with E-state index in [1.165, 1.54) is 18.1 Å². The third-order valence-electron chi connectivity index (χ3n) is 4.64. The first-order chi connectivity index (χ1) is 12.4. The molecule has 3 aromatic rings. The lowest BCUT2D eigenvalue weighted by atomic mass is 10.1. The second kappa shape index (κ2) is 7.61. The van der Waals surface area contributed by atoms with Crippen molar-refractivity contribution >= 4 is 28.6 Å². The maximum atomic E-state index is 12.8. The minimum absolute atomic E-state index is 0.134. The molecule has 0 aromatic carbocycles. The molecule has 0 aliphatic carbocycles. The third kappa shape index (κ3) is 3.67. The fourth-order valence-electron chi connectivity index (χ4n) is 3.08. The van der Waals surface area contributed by atoms with Crippen LogP contribution in [0.15, 0.2) is 23.6 Å². The number of ketones is 1. The Hall–Kier alpha value is -2.15. The summed E-state index contributed by atoms with van der Waals surface area (Å²) in [5, 5.41) is 5.90. The van der Waals surface area contributed by atoms with Crippen LogP contribution >= 0.6 is 11.8 Å². The number of hydrogen-bond acceptors (Lipinski definition) is 5. The second-order valence-electron chi connectivity index (χ2n) is 7.02. The summed E-state index contributed by atoms with van der Waals surface area (Å²) in [6.45, 7) is 9.50. The summed E-state index contributed by atoms with van der Waals surface area (Å²) in [6, 6.07) is 2.01. The van der Waals surface area contributed by atoms with Gasteiger partial charge in [0, 0.05) is 30.5 Å². The monoisotopic (exact) mass is 371 g/mol. The second-order valence-corrected chi connectivity index (χ2v) is 7.98. The van der Waals surface area contributed by atoms with E-state index >= 15 is 0 Å². The molecule has 0 bridgehead atoms. The number of nitrogens with zero attached hydrogens (tertiary/aromatic N) is 5. The smallest absolute Gasteiger partial charge is 0.174 e. The normalized spacial score (nSPS) is 11.6. The number of rotatable bonds is 7. The SMILES string of the molecule is Cc1cc(C(=O)CSc2ncnc3c2cnn3C)c(C)n1CCC(C)C. The van der Waals surface area contributed by atoms with Crippen LogP contribution in [0.1, 0.15) is 42.0 Å². The van der Waals surface area contributed by atoms with Crippen LogP contribution in [0.2, 0.25) is 0 Å². The van der Waals surface area contributed by atoms with Crippen LogP contribution < -0.4 is 0 Å². The van der Waals surface area contributed by atoms with Crippen LogP contribution in [0.4, 0.5) is 0 Å². The Morgan fingerprint density at radius 2 is 2.04 bits per heavy atom. The molecule has 0 saturated carbocycles. The van der Waals surface area contributed by atoms with Gasteiger partial charge in [0.05, 0.1) is 17.3 Å². The molecule has 3 rings (SSSR count). The molecule has 0 radical (unpaired) electrons. The summed E-state index contributed by atoms with van der Waals surface area (Å²) in [7, 11) is 1.85. The Morgan fingerprint density at radius 3 is 2.77 bits per heavy atom. The first-order valence-corrected chi connectivity index (χ1v) is 9.82. The Balaban J connectivity index is 1.75. The fraction of sp³-hybridized carbons (Fsp3) is 0.474. The third-order valence-corrected chi connectivity index (χ3v) is 5.64. The zero-order valence-electron chi connectivity index (χ0n) is 16.0. The Kier molecular flexibility index (Phi) is 5.46. The first kappa shape index (κ1) is 18.6. The number of aromatic nitrogens is 5. The molecule has 138 valence electrons. The summed E-state index contributed by atoms with van der Waals surface area (Å²) in [5.41, 5.74) is 3.80. The maximum Gasteiger partial charge on any atom is 0.174 e. The van der Waals surface area contributed by atoms with Crippen molar-refractivity contribution in [2.24, 2.45) is 13.0 Å². The molecule has 0 saturated heterocycles. The molecule has 3 aromatic heterocycles. The van der Waals surface area contributed by atoms with Crippen molar-refractivity contribution in [3.63, 3.8) is 0 Å². The van der Waals surface area contributed by atoms with Crippen molar-refractivity contribution in [1.29, 1.82) is 0 Å². The van der Waals surface area contributed by atoms with Crippen molar-refractivity contribution in [2.75, 3.05) is 5.75 Å². The predicted octanol–water partition coefficient (Wildman–Crippen LogP) is 3.80. The molecule has 26 heavy (non-hydrogen) atoms. The molecule has 3 heterocycles. The van der Waals surface area contributed by atoms with E-state index in [9.17, 15) is 4.79 Å².